The summed E-state index contributed by atoms with van der Waals surface area (Å²) in [6, 6.07) is 6.53. The summed E-state index contributed by atoms with van der Waals surface area (Å²) >= 11 is 0. The molecular weight excluding hydrogens is 618 g/mol. The number of nitrogens with one attached hydrogen (secondary N) is 3. The van der Waals surface area contributed by atoms with Gasteiger partial charge in [-0.2, -0.15) is 0 Å². The molecule has 0 unspecified atom stereocenters. The van der Waals surface area contributed by atoms with Crippen LogP contribution in [0.1, 0.15) is 74.0 Å². The fourth-order valence-corrected chi connectivity index (χ4v) is 5.50. The Morgan fingerprint density at radius 2 is 1.81 bits per heavy atom. The van der Waals surface area contributed by atoms with E-state index in [0.717, 1.165) is 37.5 Å². The molecule has 48 heavy (non-hydrogen) atoms. The summed E-state index contributed by atoms with van der Waals surface area (Å²) in [7, 11) is 1.51. The molecule has 14 heteroatoms. The maximum absolute atomic E-state index is 13.4. The second kappa shape index (κ2) is 17.6. The molecule has 1 aromatic carbocycles. The zero-order valence-corrected chi connectivity index (χ0v) is 28.5. The highest BCUT2D eigenvalue weighted by Gasteiger charge is 2.30. The van der Waals surface area contributed by atoms with Gasteiger partial charge >= 0.3 is 0 Å². The van der Waals surface area contributed by atoms with Crippen molar-refractivity contribution in [2.75, 3.05) is 26.7 Å². The van der Waals surface area contributed by atoms with Gasteiger partial charge in [0.2, 0.25) is 11.8 Å². The van der Waals surface area contributed by atoms with Crippen LogP contribution in [0.3, 0.4) is 0 Å². The zero-order valence-electron chi connectivity index (χ0n) is 28.5. The number of aliphatic hydroxyl groups is 1. The number of aryl methyl sites for hydroxylation is 2. The number of benzene rings is 1. The fourth-order valence-electron chi connectivity index (χ4n) is 5.50. The van der Waals surface area contributed by atoms with Gasteiger partial charge in [-0.15, -0.1) is 5.10 Å². The van der Waals surface area contributed by atoms with Crippen molar-refractivity contribution in [1.29, 1.82) is 0 Å². The molecule has 1 aliphatic rings. The highest BCUT2D eigenvalue weighted by atomic mass is 16.5. The first-order chi connectivity index (χ1) is 23.0. The molecule has 0 saturated heterocycles. The van der Waals surface area contributed by atoms with Gasteiger partial charge in [0.05, 0.1) is 26.0 Å². The second-order valence-corrected chi connectivity index (χ2v) is 12.6. The maximum atomic E-state index is 13.4. The molecule has 2 aromatic heterocycles. The number of aromatic nitrogens is 3. The summed E-state index contributed by atoms with van der Waals surface area (Å²) < 4.78 is 19.1. The lowest BCUT2D eigenvalue weighted by molar-refractivity contribution is -0.132. The molecule has 3 amide bonds. The Bertz CT molecular complexity index is 1500. The molecule has 0 fully saturated rings. The monoisotopic (exact) mass is 667 g/mol. The van der Waals surface area contributed by atoms with Gasteiger partial charge in [-0.05, 0) is 82.3 Å². The smallest absolute Gasteiger partial charge is 0.252 e. The van der Waals surface area contributed by atoms with Crippen molar-refractivity contribution in [2.24, 2.45) is 5.92 Å². The Labute approximate surface area is 281 Å². The molecule has 3 aromatic rings. The number of carbonyl (C=O) groups excluding carboxylic acids is 3. The van der Waals surface area contributed by atoms with Crippen LogP contribution in [-0.4, -0.2) is 87.7 Å². The van der Waals surface area contributed by atoms with Crippen LogP contribution in [0, 0.1) is 12.8 Å². The minimum Gasteiger partial charge on any atom is -0.493 e. The molecule has 262 valence electrons. The molecule has 4 N–H and O–H groups in total. The van der Waals surface area contributed by atoms with Crippen LogP contribution < -0.4 is 25.4 Å². The van der Waals surface area contributed by atoms with Gasteiger partial charge in [0.1, 0.15) is 35.9 Å². The zero-order chi connectivity index (χ0) is 34.6. The normalized spacial score (nSPS) is 20.2. The van der Waals surface area contributed by atoms with Crippen molar-refractivity contribution in [3.63, 3.8) is 0 Å². The SMILES string of the molecule is COc1ccc2cc1OCc1cn(nn1)CCCN(Cc1ccc(C)o1)CCCCNC(=O)[C@H]([C@@H](C)O)NC(=O)[C@@H](CC(C)C)NC2=O. The standard InChI is InChI=1S/C34H49N7O7/c1-22(2)17-28-33(44)37-31(24(4)42)34(45)35-13-6-7-14-40(20-27-11-9-23(3)48-27)15-8-16-41-19-26(38-39-41)21-47-30-18-25(32(43)36-28)10-12-29(30)46-5/h9-12,18-19,22,24,28,31,42H,6-8,13-17,20-21H2,1-5H3,(H,35,45)(H,36,43)(H,37,44)/t24-,28-,31+/m1/s1. The molecule has 3 heterocycles. The van der Waals surface area contributed by atoms with Crippen molar-refractivity contribution in [1.82, 2.24) is 35.8 Å². The number of ether oxygens (including phenoxy) is 2. The Hall–Kier alpha value is -4.43. The molecule has 4 rings (SSSR count). The number of rotatable bonds is 6. The first kappa shape index (κ1) is 36.4. The van der Waals surface area contributed by atoms with E-state index in [4.69, 9.17) is 13.9 Å². The Morgan fingerprint density at radius 1 is 1.02 bits per heavy atom. The van der Waals surface area contributed by atoms with Crippen LogP contribution in [0.5, 0.6) is 11.5 Å². The first-order valence-electron chi connectivity index (χ1n) is 16.6. The van der Waals surface area contributed by atoms with Crippen LogP contribution in [0.2, 0.25) is 0 Å². The third-order valence-corrected chi connectivity index (χ3v) is 8.02. The maximum Gasteiger partial charge on any atom is 0.252 e. The number of carbonyl (C=O) groups is 3. The highest BCUT2D eigenvalue weighted by molar-refractivity contribution is 5.99. The van der Waals surface area contributed by atoms with Gasteiger partial charge in [0, 0.05) is 25.2 Å². The molecule has 0 radical (unpaired) electrons. The molecule has 0 spiro atoms. The molecule has 0 aliphatic carbocycles. The van der Waals surface area contributed by atoms with E-state index in [0.29, 0.717) is 49.7 Å². The first-order valence-corrected chi connectivity index (χ1v) is 16.6. The lowest BCUT2D eigenvalue weighted by Crippen LogP contribution is -2.57. The second-order valence-electron chi connectivity index (χ2n) is 12.6. The predicted octanol–water partition coefficient (Wildman–Crippen LogP) is 2.58. The van der Waals surface area contributed by atoms with Crippen molar-refractivity contribution in [3.05, 3.63) is 59.3 Å². The van der Waals surface area contributed by atoms with Crippen molar-refractivity contribution in [2.45, 2.75) is 91.3 Å². The Kier molecular flexibility index (Phi) is 13.4. The van der Waals surface area contributed by atoms with E-state index in [1.807, 2.05) is 39.1 Å². The molecule has 0 saturated carbocycles. The van der Waals surface area contributed by atoms with Gasteiger partial charge < -0.3 is 34.9 Å². The highest BCUT2D eigenvalue weighted by Crippen LogP contribution is 2.29. The van der Waals surface area contributed by atoms with E-state index in [1.54, 1.807) is 22.9 Å². The quantitative estimate of drug-likeness (QED) is 0.306. The number of methoxy groups -OCH3 is 1. The number of furan rings is 1. The molecule has 1 aliphatic heterocycles. The van der Waals surface area contributed by atoms with Gasteiger partial charge in [0.25, 0.3) is 5.91 Å². The van der Waals surface area contributed by atoms with Gasteiger partial charge in [-0.25, -0.2) is 0 Å². The van der Waals surface area contributed by atoms with Crippen LogP contribution in [0.15, 0.2) is 40.9 Å². The van der Waals surface area contributed by atoms with Crippen LogP contribution >= 0.6 is 0 Å². The van der Waals surface area contributed by atoms with E-state index in [2.05, 4.69) is 31.2 Å². The van der Waals surface area contributed by atoms with E-state index in [-0.39, 0.29) is 18.1 Å². The number of fused-ring (bicyclic) bond motifs is 4. The average Bonchev–Trinajstić information content (AvgIpc) is 3.68. The minimum absolute atomic E-state index is 0.0475. The third-order valence-electron chi connectivity index (χ3n) is 8.02. The summed E-state index contributed by atoms with van der Waals surface area (Å²) in [6.07, 6.45) is 3.31. The van der Waals surface area contributed by atoms with E-state index in [1.165, 1.54) is 14.0 Å². The van der Waals surface area contributed by atoms with E-state index < -0.39 is 35.9 Å². The van der Waals surface area contributed by atoms with Crippen molar-refractivity contribution >= 4 is 17.7 Å². The molecule has 4 bridgehead atoms. The number of nitrogens with zero attached hydrogens (tertiary/aromatic N) is 4. The largest absolute Gasteiger partial charge is 0.493 e. The van der Waals surface area contributed by atoms with Gasteiger partial charge in [0.15, 0.2) is 11.5 Å². The van der Waals surface area contributed by atoms with E-state index in [9.17, 15) is 19.5 Å². The number of hydrogen-bond donors (Lipinski definition) is 4. The van der Waals surface area contributed by atoms with Crippen molar-refractivity contribution in [3.8, 4) is 11.5 Å². The van der Waals surface area contributed by atoms with Crippen molar-refractivity contribution < 1.29 is 33.4 Å². The molecule has 3 atom stereocenters. The molecular formula is C34H49N7O7. The van der Waals surface area contributed by atoms with Crippen LogP contribution in [0.25, 0.3) is 0 Å². The third kappa shape index (κ3) is 10.8. The fraction of sp³-hybridized carbons (Fsp3) is 0.559. The van der Waals surface area contributed by atoms with Crippen LogP contribution in [0.4, 0.5) is 0 Å². The number of aliphatic hydroxyl groups excluding tert-OH is 1. The summed E-state index contributed by atoms with van der Waals surface area (Å²) in [5.41, 5.74) is 0.872. The summed E-state index contributed by atoms with van der Waals surface area (Å²) in [5.74, 6) is 0.987. The minimum atomic E-state index is -1.19. The van der Waals surface area contributed by atoms with Gasteiger partial charge in [-0.1, -0.05) is 19.1 Å². The lowest BCUT2D eigenvalue weighted by atomic mass is 10.0. The topological polar surface area (TPSA) is 173 Å². The summed E-state index contributed by atoms with van der Waals surface area (Å²) in [5, 5.41) is 27.2. The van der Waals surface area contributed by atoms with Crippen LogP contribution in [-0.2, 0) is 29.3 Å². The lowest BCUT2D eigenvalue weighted by Gasteiger charge is -2.26. The van der Waals surface area contributed by atoms with Gasteiger partial charge in [-0.3, -0.25) is 24.0 Å². The number of hydrogen-bond acceptors (Lipinski definition) is 10. The Balaban J connectivity index is 1.56. The van der Waals surface area contributed by atoms with E-state index >= 15 is 0 Å². The average molecular weight is 668 g/mol. The summed E-state index contributed by atoms with van der Waals surface area (Å²) in [6.45, 7) is 10.6. The summed E-state index contributed by atoms with van der Waals surface area (Å²) in [4.78, 5) is 42.2. The molecule has 14 nitrogen and oxygen atoms in total. The number of amides is 3. The Morgan fingerprint density at radius 3 is 2.52 bits per heavy atom. The predicted molar refractivity (Wildman–Crippen MR) is 177 cm³/mol.